The molecule has 1 unspecified atom stereocenters. The molecular weight excluding hydrogens is 452 g/mol. The molecule has 222 valence electrons. The molecular formula is C30H68N2O4. The van der Waals surface area contributed by atoms with E-state index >= 15 is 0 Å². The van der Waals surface area contributed by atoms with Crippen LogP contribution in [0.3, 0.4) is 0 Å². The summed E-state index contributed by atoms with van der Waals surface area (Å²) < 4.78 is 16.8. The highest BCUT2D eigenvalue weighted by atomic mass is 16.5. The lowest BCUT2D eigenvalue weighted by molar-refractivity contribution is -0.0453. The SMILES string of the molecule is C.CC(C)(C)COC(C)(C)C.CC(C)(C)OCC1(N)CCC1.CC(C)CC(N)(CO)COC(C)(C)C. The second kappa shape index (κ2) is 16.0. The van der Waals surface area contributed by atoms with Crippen LogP contribution in [-0.2, 0) is 14.2 Å². The molecule has 1 rings (SSSR count). The minimum atomic E-state index is -0.596. The third-order valence-corrected chi connectivity index (χ3v) is 5.00. The molecule has 0 heterocycles. The Morgan fingerprint density at radius 1 is 0.750 bits per heavy atom. The molecule has 1 fully saturated rings. The summed E-state index contributed by atoms with van der Waals surface area (Å²) in [7, 11) is 0. The van der Waals surface area contributed by atoms with E-state index in [4.69, 9.17) is 25.7 Å². The molecule has 0 spiro atoms. The van der Waals surface area contributed by atoms with Crippen LogP contribution in [0.1, 0.15) is 130 Å². The van der Waals surface area contributed by atoms with Crippen LogP contribution in [0.4, 0.5) is 0 Å². The first-order valence-corrected chi connectivity index (χ1v) is 13.4. The van der Waals surface area contributed by atoms with Crippen molar-refractivity contribution in [2.45, 2.75) is 158 Å². The van der Waals surface area contributed by atoms with E-state index in [0.29, 0.717) is 12.5 Å². The first kappa shape index (κ1) is 40.3. The van der Waals surface area contributed by atoms with Crippen LogP contribution in [0.2, 0.25) is 0 Å². The molecule has 0 aromatic heterocycles. The number of rotatable bonds is 8. The summed E-state index contributed by atoms with van der Waals surface area (Å²) in [6, 6.07) is 0. The van der Waals surface area contributed by atoms with E-state index in [1.54, 1.807) is 0 Å². The summed E-state index contributed by atoms with van der Waals surface area (Å²) in [5.74, 6) is 0.468. The molecule has 1 aliphatic rings. The summed E-state index contributed by atoms with van der Waals surface area (Å²) in [4.78, 5) is 0. The van der Waals surface area contributed by atoms with E-state index in [1.165, 1.54) is 6.42 Å². The zero-order valence-corrected chi connectivity index (χ0v) is 26.1. The van der Waals surface area contributed by atoms with Gasteiger partial charge in [-0.25, -0.2) is 0 Å². The third kappa shape index (κ3) is 26.8. The van der Waals surface area contributed by atoms with Crippen LogP contribution in [-0.4, -0.2) is 59.4 Å². The quantitative estimate of drug-likeness (QED) is 0.329. The Labute approximate surface area is 226 Å². The molecule has 36 heavy (non-hydrogen) atoms. The van der Waals surface area contributed by atoms with E-state index in [2.05, 4.69) is 76.2 Å². The van der Waals surface area contributed by atoms with Crippen LogP contribution in [0.15, 0.2) is 0 Å². The van der Waals surface area contributed by atoms with E-state index in [1.807, 2.05) is 20.8 Å². The third-order valence-electron chi connectivity index (χ3n) is 5.00. The van der Waals surface area contributed by atoms with Gasteiger partial charge in [-0.1, -0.05) is 42.0 Å². The molecule has 6 heteroatoms. The van der Waals surface area contributed by atoms with Gasteiger partial charge in [0.2, 0.25) is 0 Å². The van der Waals surface area contributed by atoms with Crippen LogP contribution < -0.4 is 11.5 Å². The highest BCUT2D eigenvalue weighted by molar-refractivity contribution is 4.92. The maximum Gasteiger partial charge on any atom is 0.0675 e. The zero-order chi connectivity index (χ0) is 28.4. The first-order valence-electron chi connectivity index (χ1n) is 13.4. The lowest BCUT2D eigenvalue weighted by atomic mass is 9.78. The predicted molar refractivity (Wildman–Crippen MR) is 158 cm³/mol. The predicted octanol–water partition coefficient (Wildman–Crippen LogP) is 6.70. The maximum absolute atomic E-state index is 9.23. The van der Waals surface area contributed by atoms with Crippen molar-refractivity contribution >= 4 is 0 Å². The average molecular weight is 521 g/mol. The Morgan fingerprint density at radius 3 is 1.36 bits per heavy atom. The van der Waals surface area contributed by atoms with Crippen molar-refractivity contribution in [3.8, 4) is 0 Å². The second-order valence-corrected chi connectivity index (χ2v) is 15.1. The van der Waals surface area contributed by atoms with Crippen molar-refractivity contribution in [1.82, 2.24) is 0 Å². The minimum absolute atomic E-state index is 0. The smallest absolute Gasteiger partial charge is 0.0675 e. The van der Waals surface area contributed by atoms with Crippen molar-refractivity contribution in [3.63, 3.8) is 0 Å². The highest BCUT2D eigenvalue weighted by Crippen LogP contribution is 2.30. The van der Waals surface area contributed by atoms with Gasteiger partial charge in [-0.05, 0) is 99.3 Å². The molecule has 0 bridgehead atoms. The second-order valence-electron chi connectivity index (χ2n) is 15.1. The molecule has 0 radical (unpaired) electrons. The van der Waals surface area contributed by atoms with Crippen molar-refractivity contribution in [1.29, 1.82) is 0 Å². The molecule has 0 saturated heterocycles. The van der Waals surface area contributed by atoms with Crippen LogP contribution in [0, 0.1) is 11.3 Å². The van der Waals surface area contributed by atoms with E-state index in [-0.39, 0.29) is 41.8 Å². The Morgan fingerprint density at radius 2 is 1.14 bits per heavy atom. The number of ether oxygens (including phenoxy) is 3. The van der Waals surface area contributed by atoms with Gasteiger partial charge in [0.1, 0.15) is 0 Å². The summed E-state index contributed by atoms with van der Waals surface area (Å²) in [5.41, 5.74) is 11.5. The molecule has 0 aromatic carbocycles. The molecule has 1 saturated carbocycles. The summed E-state index contributed by atoms with van der Waals surface area (Å²) in [6.45, 7) is 31.0. The normalized spacial score (nSPS) is 17.5. The lowest BCUT2D eigenvalue weighted by Crippen LogP contribution is -2.51. The van der Waals surface area contributed by atoms with E-state index in [9.17, 15) is 5.11 Å². The molecule has 6 nitrogen and oxygen atoms in total. The molecule has 0 aromatic rings. The fourth-order valence-electron chi connectivity index (χ4n) is 2.91. The first-order chi connectivity index (χ1) is 15.3. The molecule has 0 aliphatic heterocycles. The van der Waals surface area contributed by atoms with Crippen molar-refractivity contribution < 1.29 is 19.3 Å². The molecule has 1 atom stereocenters. The number of hydrogen-bond donors (Lipinski definition) is 3. The van der Waals surface area contributed by atoms with Crippen molar-refractivity contribution in [2.75, 3.05) is 26.4 Å². The van der Waals surface area contributed by atoms with E-state index in [0.717, 1.165) is 32.5 Å². The highest BCUT2D eigenvalue weighted by Gasteiger charge is 2.34. The summed E-state index contributed by atoms with van der Waals surface area (Å²) in [6.07, 6.45) is 4.30. The van der Waals surface area contributed by atoms with Crippen LogP contribution in [0.5, 0.6) is 0 Å². The Bertz CT molecular complexity index is 533. The van der Waals surface area contributed by atoms with Gasteiger partial charge in [0.25, 0.3) is 0 Å². The van der Waals surface area contributed by atoms with Gasteiger partial charge in [0.05, 0.1) is 48.8 Å². The summed E-state index contributed by atoms with van der Waals surface area (Å²) >= 11 is 0. The van der Waals surface area contributed by atoms with Crippen LogP contribution >= 0.6 is 0 Å². The number of aliphatic hydroxyl groups excluding tert-OH is 1. The van der Waals surface area contributed by atoms with Crippen molar-refractivity contribution in [3.05, 3.63) is 0 Å². The Balaban J connectivity index is -0.000000454. The van der Waals surface area contributed by atoms with Gasteiger partial charge >= 0.3 is 0 Å². The molecule has 0 amide bonds. The number of hydrogen-bond acceptors (Lipinski definition) is 6. The fraction of sp³-hybridized carbons (Fsp3) is 1.00. The van der Waals surface area contributed by atoms with Gasteiger partial charge in [-0.3, -0.25) is 0 Å². The monoisotopic (exact) mass is 521 g/mol. The van der Waals surface area contributed by atoms with Crippen LogP contribution in [0.25, 0.3) is 0 Å². The Kier molecular flexibility index (Phi) is 17.9. The van der Waals surface area contributed by atoms with Crippen molar-refractivity contribution in [2.24, 2.45) is 22.8 Å². The van der Waals surface area contributed by atoms with Gasteiger partial charge in [-0.2, -0.15) is 0 Å². The lowest BCUT2D eigenvalue weighted by Gasteiger charge is -2.39. The Hall–Kier alpha value is -0.240. The zero-order valence-electron chi connectivity index (χ0n) is 26.1. The standard InChI is InChI=1S/C11H25NO2.C9H19NO.C9H20O.CH4/c1-9(2)6-11(12,7-13)8-14-10(3,4)5;1-8(2,3)11-7-9(10)5-4-6-9;1-8(2,3)7-10-9(4,5)6;/h9,13H,6-8,12H2,1-5H3;4-7,10H2,1-3H3;7H2,1-6H3;1H4. The summed E-state index contributed by atoms with van der Waals surface area (Å²) in [5, 5.41) is 9.23. The minimum Gasteiger partial charge on any atom is -0.394 e. The number of aliphatic hydroxyl groups is 1. The van der Waals surface area contributed by atoms with Gasteiger partial charge in [0, 0.05) is 5.54 Å². The van der Waals surface area contributed by atoms with Gasteiger partial charge in [0.15, 0.2) is 0 Å². The van der Waals surface area contributed by atoms with E-state index < -0.39 is 5.54 Å². The van der Waals surface area contributed by atoms with Gasteiger partial charge in [-0.15, -0.1) is 0 Å². The largest absolute Gasteiger partial charge is 0.394 e. The van der Waals surface area contributed by atoms with Gasteiger partial charge < -0.3 is 30.8 Å². The maximum atomic E-state index is 9.23. The number of nitrogens with two attached hydrogens (primary N) is 2. The molecule has 5 N–H and O–H groups in total. The fourth-order valence-corrected chi connectivity index (χ4v) is 2.91. The topological polar surface area (TPSA) is 100.0 Å². The average Bonchev–Trinajstić information content (AvgIpc) is 2.60. The molecule has 1 aliphatic carbocycles.